The zero-order valence-electron chi connectivity index (χ0n) is 15.3. The van der Waals surface area contributed by atoms with Gasteiger partial charge in [-0.15, -0.1) is 0 Å². The number of amides is 2. The number of hydrogen-bond donors (Lipinski definition) is 1. The first-order valence-electron chi connectivity index (χ1n) is 8.84. The summed E-state index contributed by atoms with van der Waals surface area (Å²) in [5, 5.41) is 3.61. The minimum atomic E-state index is -0.388. The van der Waals surface area contributed by atoms with Crippen molar-refractivity contribution in [3.8, 4) is 0 Å². The van der Waals surface area contributed by atoms with E-state index in [0.717, 1.165) is 36.9 Å². The van der Waals surface area contributed by atoms with E-state index in [1.165, 1.54) is 0 Å². The minimum absolute atomic E-state index is 0.0232. The number of nitrogens with zero attached hydrogens (tertiary/aromatic N) is 2. The van der Waals surface area contributed by atoms with Crippen LogP contribution in [0.5, 0.6) is 0 Å². The molecule has 1 heterocycles. The van der Waals surface area contributed by atoms with Crippen molar-refractivity contribution >= 4 is 29.1 Å². The van der Waals surface area contributed by atoms with Crippen LogP contribution in [0.4, 0.5) is 5.69 Å². The molecule has 2 rings (SSSR count). The maximum atomic E-state index is 12.3. The molecule has 6 heteroatoms. The highest BCUT2D eigenvalue weighted by Gasteiger charge is 2.22. The number of carbonyl (C=O) groups excluding carboxylic acids is 2. The minimum Gasteiger partial charge on any atom is -0.368 e. The van der Waals surface area contributed by atoms with Gasteiger partial charge in [-0.25, -0.2) is 0 Å². The van der Waals surface area contributed by atoms with Gasteiger partial charge in [0, 0.05) is 55.3 Å². The normalized spacial score (nSPS) is 15.2. The van der Waals surface area contributed by atoms with Crippen LogP contribution in [0.1, 0.15) is 33.6 Å². The van der Waals surface area contributed by atoms with E-state index in [1.54, 1.807) is 0 Å². The van der Waals surface area contributed by atoms with Gasteiger partial charge < -0.3 is 15.1 Å². The maximum absolute atomic E-state index is 12.3. The summed E-state index contributed by atoms with van der Waals surface area (Å²) in [7, 11) is 0. The molecule has 0 atom stereocenters. The molecule has 0 bridgehead atoms. The molecular formula is C19H28ClN3O2. The Bertz CT molecular complexity index is 605. The second-order valence-electron chi connectivity index (χ2n) is 7.46. The number of benzene rings is 1. The van der Waals surface area contributed by atoms with Crippen LogP contribution >= 0.6 is 11.6 Å². The summed E-state index contributed by atoms with van der Waals surface area (Å²) in [6, 6.07) is 7.81. The fourth-order valence-electron chi connectivity index (χ4n) is 2.75. The van der Waals surface area contributed by atoms with Crippen molar-refractivity contribution in [1.82, 2.24) is 10.2 Å². The first-order valence-corrected chi connectivity index (χ1v) is 9.22. The lowest BCUT2D eigenvalue weighted by Crippen LogP contribution is -2.48. The third-order valence-corrected chi connectivity index (χ3v) is 4.57. The van der Waals surface area contributed by atoms with Gasteiger partial charge in [-0.1, -0.05) is 38.4 Å². The maximum Gasteiger partial charge on any atom is 0.225 e. The predicted molar refractivity (Wildman–Crippen MR) is 102 cm³/mol. The Balaban J connectivity index is 1.70. The van der Waals surface area contributed by atoms with E-state index in [0.29, 0.717) is 19.4 Å². The van der Waals surface area contributed by atoms with Crippen molar-refractivity contribution in [2.45, 2.75) is 33.6 Å². The molecule has 1 N–H and O–H groups in total. The molecule has 25 heavy (non-hydrogen) atoms. The Morgan fingerprint density at radius 2 is 1.84 bits per heavy atom. The molecule has 1 aliphatic heterocycles. The first-order chi connectivity index (χ1) is 11.8. The molecule has 0 aliphatic carbocycles. The lowest BCUT2D eigenvalue weighted by Gasteiger charge is -2.36. The molecule has 0 radical (unpaired) electrons. The number of halogens is 1. The topological polar surface area (TPSA) is 52.7 Å². The van der Waals surface area contributed by atoms with Gasteiger partial charge >= 0.3 is 0 Å². The lowest BCUT2D eigenvalue weighted by molar-refractivity contribution is -0.132. The van der Waals surface area contributed by atoms with Gasteiger partial charge in [-0.05, 0) is 24.6 Å². The standard InChI is InChI=1S/C19H28ClN3O2/c1-19(2,3)18(25)21-9-5-8-17(24)23-12-10-22(11-13-23)16-7-4-6-15(20)14-16/h4,6-7,14H,5,8-13H2,1-3H3,(H,21,25). The molecular weight excluding hydrogens is 338 g/mol. The van der Waals surface area contributed by atoms with Gasteiger partial charge in [0.2, 0.25) is 11.8 Å². The molecule has 1 saturated heterocycles. The summed E-state index contributed by atoms with van der Waals surface area (Å²) >= 11 is 6.04. The molecule has 1 aliphatic rings. The Morgan fingerprint density at radius 1 is 1.16 bits per heavy atom. The zero-order chi connectivity index (χ0) is 18.4. The molecule has 0 saturated carbocycles. The van der Waals surface area contributed by atoms with Crippen LogP contribution < -0.4 is 10.2 Å². The fourth-order valence-corrected chi connectivity index (χ4v) is 2.94. The van der Waals surface area contributed by atoms with E-state index in [4.69, 9.17) is 11.6 Å². The summed E-state index contributed by atoms with van der Waals surface area (Å²) in [6.45, 7) is 9.26. The lowest BCUT2D eigenvalue weighted by atomic mass is 9.96. The van der Waals surface area contributed by atoms with Crippen molar-refractivity contribution in [3.63, 3.8) is 0 Å². The average molecular weight is 366 g/mol. The van der Waals surface area contributed by atoms with E-state index in [1.807, 2.05) is 49.9 Å². The second-order valence-corrected chi connectivity index (χ2v) is 7.89. The van der Waals surface area contributed by atoms with Crippen molar-refractivity contribution in [3.05, 3.63) is 29.3 Å². The van der Waals surface area contributed by atoms with Crippen LogP contribution in [-0.2, 0) is 9.59 Å². The van der Waals surface area contributed by atoms with Crippen LogP contribution in [0.25, 0.3) is 0 Å². The Hall–Kier alpha value is -1.75. The van der Waals surface area contributed by atoms with E-state index in [2.05, 4.69) is 10.2 Å². The molecule has 138 valence electrons. The molecule has 1 aromatic carbocycles. The second kappa shape index (κ2) is 8.56. The largest absolute Gasteiger partial charge is 0.368 e. The van der Waals surface area contributed by atoms with Crippen LogP contribution in [0.3, 0.4) is 0 Å². The Morgan fingerprint density at radius 3 is 2.44 bits per heavy atom. The number of piperazine rings is 1. The van der Waals surface area contributed by atoms with Gasteiger partial charge in [0.15, 0.2) is 0 Å². The summed E-state index contributed by atoms with van der Waals surface area (Å²) in [4.78, 5) is 28.3. The van der Waals surface area contributed by atoms with Crippen molar-refractivity contribution < 1.29 is 9.59 Å². The highest BCUT2D eigenvalue weighted by atomic mass is 35.5. The number of anilines is 1. The van der Waals surface area contributed by atoms with Crippen LogP contribution in [-0.4, -0.2) is 49.4 Å². The van der Waals surface area contributed by atoms with Crippen LogP contribution in [0.2, 0.25) is 5.02 Å². The molecule has 5 nitrogen and oxygen atoms in total. The quantitative estimate of drug-likeness (QED) is 0.816. The van der Waals surface area contributed by atoms with E-state index in [-0.39, 0.29) is 17.2 Å². The fraction of sp³-hybridized carbons (Fsp3) is 0.579. The molecule has 0 spiro atoms. The summed E-state index contributed by atoms with van der Waals surface area (Å²) < 4.78 is 0. The van der Waals surface area contributed by atoms with Crippen molar-refractivity contribution in [2.75, 3.05) is 37.6 Å². The monoisotopic (exact) mass is 365 g/mol. The van der Waals surface area contributed by atoms with Gasteiger partial charge in [-0.3, -0.25) is 9.59 Å². The SMILES string of the molecule is CC(C)(C)C(=O)NCCCC(=O)N1CCN(c2cccc(Cl)c2)CC1. The highest BCUT2D eigenvalue weighted by Crippen LogP contribution is 2.21. The number of nitrogens with one attached hydrogen (secondary N) is 1. The highest BCUT2D eigenvalue weighted by molar-refractivity contribution is 6.30. The van der Waals surface area contributed by atoms with Crippen LogP contribution in [0, 0.1) is 5.41 Å². The van der Waals surface area contributed by atoms with E-state index in [9.17, 15) is 9.59 Å². The molecule has 2 amide bonds. The summed E-state index contributed by atoms with van der Waals surface area (Å²) in [6.07, 6.45) is 1.15. The predicted octanol–water partition coefficient (Wildman–Crippen LogP) is 2.93. The smallest absolute Gasteiger partial charge is 0.225 e. The number of carbonyl (C=O) groups is 2. The number of rotatable bonds is 5. The van der Waals surface area contributed by atoms with Crippen LogP contribution in [0.15, 0.2) is 24.3 Å². The van der Waals surface area contributed by atoms with Crippen molar-refractivity contribution in [2.24, 2.45) is 5.41 Å². The summed E-state index contributed by atoms with van der Waals surface area (Å²) in [5.74, 6) is 0.186. The third kappa shape index (κ3) is 5.92. The molecule has 0 unspecified atom stereocenters. The van der Waals surface area contributed by atoms with E-state index >= 15 is 0 Å². The Labute approximate surface area is 155 Å². The van der Waals surface area contributed by atoms with E-state index < -0.39 is 0 Å². The third-order valence-electron chi connectivity index (χ3n) is 4.34. The zero-order valence-corrected chi connectivity index (χ0v) is 16.1. The van der Waals surface area contributed by atoms with Gasteiger partial charge in [-0.2, -0.15) is 0 Å². The average Bonchev–Trinajstić information content (AvgIpc) is 2.57. The Kier molecular flexibility index (Phi) is 6.71. The number of hydrogen-bond acceptors (Lipinski definition) is 3. The summed E-state index contributed by atoms with van der Waals surface area (Å²) in [5.41, 5.74) is 0.713. The molecule has 1 aromatic rings. The van der Waals surface area contributed by atoms with Gasteiger partial charge in [0.1, 0.15) is 0 Å². The van der Waals surface area contributed by atoms with Gasteiger partial charge in [0.25, 0.3) is 0 Å². The first kappa shape index (κ1) is 19.6. The molecule has 1 fully saturated rings. The van der Waals surface area contributed by atoms with Gasteiger partial charge in [0.05, 0.1) is 0 Å². The molecule has 0 aromatic heterocycles. The van der Waals surface area contributed by atoms with Crippen molar-refractivity contribution in [1.29, 1.82) is 0 Å².